The number of tetrazole rings is 1. The standard InChI is InChI=1S/C22H21ClF4N6O2/c1-11(29-20(34)21(35)3-5-22(26,27)6-4-21)18-16(25)7-12(10-28-18)14-8-13(23)9-15(24)17(14)19-30-32-33(2)31-19/h7-11,35H,3-6H2,1-2H3,(H,29,34)/t11-/m1/s1. The maximum absolute atomic E-state index is 15.1. The van der Waals surface area contributed by atoms with Crippen LogP contribution in [0.4, 0.5) is 17.6 Å². The molecule has 1 aliphatic rings. The number of hydrogen-bond donors (Lipinski definition) is 2. The maximum atomic E-state index is 15.1. The van der Waals surface area contributed by atoms with Gasteiger partial charge in [-0.05, 0) is 48.7 Å². The zero-order valence-electron chi connectivity index (χ0n) is 18.7. The average Bonchev–Trinajstić information content (AvgIpc) is 3.20. The van der Waals surface area contributed by atoms with E-state index in [1.54, 1.807) is 0 Å². The number of nitrogens with one attached hydrogen (secondary N) is 1. The van der Waals surface area contributed by atoms with Crippen LogP contribution in [0.2, 0.25) is 5.02 Å². The van der Waals surface area contributed by atoms with E-state index >= 15 is 4.39 Å². The van der Waals surface area contributed by atoms with Gasteiger partial charge >= 0.3 is 0 Å². The molecule has 35 heavy (non-hydrogen) atoms. The second-order valence-corrected chi connectivity index (χ2v) is 9.02. The van der Waals surface area contributed by atoms with Gasteiger partial charge in [0.1, 0.15) is 17.2 Å². The highest BCUT2D eigenvalue weighted by molar-refractivity contribution is 6.31. The predicted octanol–water partition coefficient (Wildman–Crippen LogP) is 3.99. The minimum Gasteiger partial charge on any atom is -0.380 e. The molecule has 0 radical (unpaired) electrons. The number of hydrogen-bond acceptors (Lipinski definition) is 6. The quantitative estimate of drug-likeness (QED) is 0.501. The maximum Gasteiger partial charge on any atom is 0.252 e. The first-order valence-electron chi connectivity index (χ1n) is 10.7. The lowest BCUT2D eigenvalue weighted by Gasteiger charge is -2.35. The predicted molar refractivity (Wildman–Crippen MR) is 117 cm³/mol. The first-order valence-corrected chi connectivity index (χ1v) is 11.1. The van der Waals surface area contributed by atoms with Gasteiger partial charge in [0.2, 0.25) is 11.7 Å². The molecule has 1 aromatic carbocycles. The van der Waals surface area contributed by atoms with Crippen LogP contribution in [0.15, 0.2) is 24.4 Å². The summed E-state index contributed by atoms with van der Waals surface area (Å²) in [6.45, 7) is 1.44. The van der Waals surface area contributed by atoms with Crippen molar-refractivity contribution in [1.82, 2.24) is 30.5 Å². The molecule has 0 aliphatic heterocycles. The Bertz CT molecular complexity index is 1270. The molecule has 2 heterocycles. The number of carbonyl (C=O) groups is 1. The molecule has 186 valence electrons. The number of carbonyl (C=O) groups excluding carboxylic acids is 1. The van der Waals surface area contributed by atoms with E-state index in [0.29, 0.717) is 0 Å². The van der Waals surface area contributed by atoms with Gasteiger partial charge in [0.05, 0.1) is 24.3 Å². The van der Waals surface area contributed by atoms with E-state index in [0.717, 1.165) is 16.9 Å². The fourth-order valence-corrected chi connectivity index (χ4v) is 4.19. The molecule has 3 aromatic rings. The summed E-state index contributed by atoms with van der Waals surface area (Å²) >= 11 is 6.01. The van der Waals surface area contributed by atoms with Crippen LogP contribution in [0.5, 0.6) is 0 Å². The molecule has 1 aliphatic carbocycles. The van der Waals surface area contributed by atoms with Gasteiger partial charge in [-0.15, -0.1) is 10.2 Å². The third-order valence-corrected chi connectivity index (χ3v) is 6.17. The number of alkyl halides is 2. The van der Waals surface area contributed by atoms with Gasteiger partial charge in [-0.3, -0.25) is 9.78 Å². The Morgan fingerprint density at radius 3 is 2.46 bits per heavy atom. The van der Waals surface area contributed by atoms with E-state index in [9.17, 15) is 23.1 Å². The lowest BCUT2D eigenvalue weighted by molar-refractivity contribution is -0.154. The minimum atomic E-state index is -2.93. The fourth-order valence-electron chi connectivity index (χ4n) is 3.98. The summed E-state index contributed by atoms with van der Waals surface area (Å²) in [6, 6.07) is 2.58. The highest BCUT2D eigenvalue weighted by Gasteiger charge is 2.46. The Morgan fingerprint density at radius 2 is 1.86 bits per heavy atom. The Kier molecular flexibility index (Phi) is 6.54. The molecule has 1 saturated carbocycles. The van der Waals surface area contributed by atoms with Crippen molar-refractivity contribution < 1.29 is 27.5 Å². The Labute approximate surface area is 202 Å². The van der Waals surface area contributed by atoms with Crippen LogP contribution >= 0.6 is 11.6 Å². The molecule has 2 N–H and O–H groups in total. The molecule has 0 spiro atoms. The van der Waals surface area contributed by atoms with E-state index in [2.05, 4.69) is 25.7 Å². The normalized spacial score (nSPS) is 17.7. The van der Waals surface area contributed by atoms with Gasteiger partial charge in [0.25, 0.3) is 5.91 Å². The molecule has 1 amide bonds. The highest BCUT2D eigenvalue weighted by Crippen LogP contribution is 2.39. The number of amides is 1. The topological polar surface area (TPSA) is 106 Å². The van der Waals surface area contributed by atoms with Gasteiger partial charge in [-0.1, -0.05) is 11.6 Å². The van der Waals surface area contributed by atoms with Crippen molar-refractivity contribution in [3.8, 4) is 22.5 Å². The van der Waals surface area contributed by atoms with Crippen LogP contribution in [0.1, 0.15) is 44.3 Å². The number of benzene rings is 1. The van der Waals surface area contributed by atoms with Gasteiger partial charge in [-0.25, -0.2) is 17.6 Å². The van der Waals surface area contributed by atoms with E-state index in [1.165, 1.54) is 26.2 Å². The molecule has 0 bridgehead atoms. The third kappa shape index (κ3) is 5.13. The molecule has 13 heteroatoms. The number of aromatic nitrogens is 5. The van der Waals surface area contributed by atoms with Crippen LogP contribution < -0.4 is 5.32 Å². The second kappa shape index (κ2) is 9.15. The van der Waals surface area contributed by atoms with Crippen molar-refractivity contribution in [3.63, 3.8) is 0 Å². The first-order chi connectivity index (χ1) is 16.4. The van der Waals surface area contributed by atoms with Crippen molar-refractivity contribution in [2.24, 2.45) is 7.05 Å². The molecule has 4 rings (SSSR count). The van der Waals surface area contributed by atoms with E-state index in [4.69, 9.17) is 11.6 Å². The average molecular weight is 513 g/mol. The van der Waals surface area contributed by atoms with Gasteiger partial charge < -0.3 is 10.4 Å². The van der Waals surface area contributed by atoms with E-state index in [1.807, 2.05) is 0 Å². The van der Waals surface area contributed by atoms with Crippen LogP contribution in [-0.2, 0) is 11.8 Å². The number of rotatable bonds is 5. The molecule has 2 aromatic heterocycles. The third-order valence-electron chi connectivity index (χ3n) is 5.96. The van der Waals surface area contributed by atoms with Crippen molar-refractivity contribution in [2.75, 3.05) is 0 Å². The van der Waals surface area contributed by atoms with Crippen molar-refractivity contribution in [1.29, 1.82) is 0 Å². The largest absolute Gasteiger partial charge is 0.380 e. The zero-order valence-corrected chi connectivity index (χ0v) is 19.5. The zero-order chi connectivity index (χ0) is 25.5. The monoisotopic (exact) mass is 512 g/mol. The summed E-state index contributed by atoms with van der Waals surface area (Å²) in [7, 11) is 1.51. The fraction of sp³-hybridized carbons (Fsp3) is 0.409. The smallest absolute Gasteiger partial charge is 0.252 e. The lowest BCUT2D eigenvalue weighted by Crippen LogP contribution is -2.51. The molecular formula is C22H21ClF4N6O2. The Hall–Kier alpha value is -3.12. The van der Waals surface area contributed by atoms with Crippen LogP contribution in [0, 0.1) is 11.6 Å². The van der Waals surface area contributed by atoms with E-state index in [-0.39, 0.29) is 33.2 Å². The second-order valence-electron chi connectivity index (χ2n) is 8.59. The summed E-state index contributed by atoms with van der Waals surface area (Å²) in [6.07, 6.45) is -0.792. The van der Waals surface area contributed by atoms with Crippen molar-refractivity contribution >= 4 is 17.5 Å². The summed E-state index contributed by atoms with van der Waals surface area (Å²) in [4.78, 5) is 17.8. The number of nitrogens with zero attached hydrogens (tertiary/aromatic N) is 5. The van der Waals surface area contributed by atoms with Gasteiger partial charge in [0.15, 0.2) is 0 Å². The number of aryl methyl sites for hydroxylation is 1. The van der Waals surface area contributed by atoms with Crippen LogP contribution in [0.25, 0.3) is 22.5 Å². The molecule has 1 fully saturated rings. The summed E-state index contributed by atoms with van der Waals surface area (Å²) < 4.78 is 56.7. The number of pyridine rings is 1. The van der Waals surface area contributed by atoms with Gasteiger partial charge in [-0.2, -0.15) is 4.80 Å². The Balaban J connectivity index is 1.60. The van der Waals surface area contributed by atoms with Crippen LogP contribution in [0.3, 0.4) is 0 Å². The lowest BCUT2D eigenvalue weighted by atomic mass is 9.82. The van der Waals surface area contributed by atoms with Crippen molar-refractivity contribution in [3.05, 3.63) is 46.7 Å². The summed E-state index contributed by atoms with van der Waals surface area (Å²) in [5.41, 5.74) is -1.83. The van der Waals surface area contributed by atoms with E-state index < -0.39 is 60.8 Å². The molecule has 1 atom stereocenters. The minimum absolute atomic E-state index is 0.0342. The molecule has 0 saturated heterocycles. The molecule has 8 nitrogen and oxygen atoms in total. The summed E-state index contributed by atoms with van der Waals surface area (Å²) in [5, 5.41) is 24.5. The number of aliphatic hydroxyl groups is 1. The first kappa shape index (κ1) is 25.0. The van der Waals surface area contributed by atoms with Crippen molar-refractivity contribution in [2.45, 2.75) is 50.2 Å². The Morgan fingerprint density at radius 1 is 1.17 bits per heavy atom. The van der Waals surface area contributed by atoms with Gasteiger partial charge in [0, 0.05) is 29.6 Å². The number of halogens is 5. The molecular weight excluding hydrogens is 492 g/mol. The SMILES string of the molecule is C[C@@H](NC(=O)C1(O)CCC(F)(F)CC1)c1ncc(-c2cc(Cl)cc(F)c2-c2nnn(C)n2)cc1F. The molecule has 0 unspecified atom stereocenters. The summed E-state index contributed by atoms with van der Waals surface area (Å²) in [5.74, 6) is -5.40. The highest BCUT2D eigenvalue weighted by atomic mass is 35.5. The van der Waals surface area contributed by atoms with Crippen LogP contribution in [-0.4, -0.2) is 47.7 Å².